The number of hydrogen-bond donors (Lipinski definition) is 1. The minimum absolute atomic E-state index is 0.0145. The number of benzene rings is 1. The molecular formula is C24H25BrN4OS. The molecule has 5 nitrogen and oxygen atoms in total. The van der Waals surface area contributed by atoms with Crippen LogP contribution in [0.5, 0.6) is 0 Å². The number of hydrogen-bond acceptors (Lipinski definition) is 3. The third-order valence-corrected chi connectivity index (χ3v) is 7.31. The highest BCUT2D eigenvalue weighted by molar-refractivity contribution is 9.10. The fraction of sp³-hybridized carbons (Fsp3) is 0.333. The molecule has 3 aromatic rings. The maximum Gasteiger partial charge on any atom is 0.174 e. The standard InChI is InChI=1S/C24H25BrN4OS/c1-16-14-17(9-10-19(16)25)29-23(22(27-24(29)31)20-7-2-3-11-26-20)21-8-4-12-28(21)15-18-6-5-13-30-18/h2-4,7-12,14,18,22-23H,5-6,13,15H2,1H3,(H,27,31). The number of aromatic nitrogens is 2. The highest BCUT2D eigenvalue weighted by Crippen LogP contribution is 2.42. The van der Waals surface area contributed by atoms with Crippen LogP contribution in [0.25, 0.3) is 0 Å². The van der Waals surface area contributed by atoms with Crippen LogP contribution < -0.4 is 10.2 Å². The lowest BCUT2D eigenvalue weighted by atomic mass is 10.0. The smallest absolute Gasteiger partial charge is 0.174 e. The summed E-state index contributed by atoms with van der Waals surface area (Å²) in [5.41, 5.74) is 4.44. The van der Waals surface area contributed by atoms with E-state index in [1.807, 2.05) is 18.3 Å². The van der Waals surface area contributed by atoms with Gasteiger partial charge < -0.3 is 19.5 Å². The first-order chi connectivity index (χ1) is 15.1. The van der Waals surface area contributed by atoms with Gasteiger partial charge >= 0.3 is 0 Å². The van der Waals surface area contributed by atoms with E-state index in [2.05, 4.69) is 85.2 Å². The van der Waals surface area contributed by atoms with Crippen molar-refractivity contribution in [1.82, 2.24) is 14.9 Å². The van der Waals surface area contributed by atoms with Crippen molar-refractivity contribution in [3.05, 3.63) is 82.3 Å². The van der Waals surface area contributed by atoms with Crippen molar-refractivity contribution >= 4 is 38.9 Å². The maximum absolute atomic E-state index is 5.92. The van der Waals surface area contributed by atoms with Gasteiger partial charge in [-0.2, -0.15) is 0 Å². The summed E-state index contributed by atoms with van der Waals surface area (Å²) < 4.78 is 9.34. The fourth-order valence-corrected chi connectivity index (χ4v) is 5.17. The van der Waals surface area contributed by atoms with Gasteiger partial charge in [0.25, 0.3) is 0 Å². The molecule has 5 rings (SSSR count). The number of aryl methyl sites for hydroxylation is 1. The topological polar surface area (TPSA) is 42.3 Å². The van der Waals surface area contributed by atoms with Crippen molar-refractivity contribution in [1.29, 1.82) is 0 Å². The fourth-order valence-electron chi connectivity index (χ4n) is 4.58. The van der Waals surface area contributed by atoms with Gasteiger partial charge in [-0.1, -0.05) is 22.0 Å². The molecule has 2 saturated heterocycles. The molecule has 0 saturated carbocycles. The molecule has 0 bridgehead atoms. The van der Waals surface area contributed by atoms with Crippen LogP contribution in [0.15, 0.2) is 65.4 Å². The summed E-state index contributed by atoms with van der Waals surface area (Å²) >= 11 is 9.48. The lowest BCUT2D eigenvalue weighted by Crippen LogP contribution is -2.31. The molecule has 160 valence electrons. The monoisotopic (exact) mass is 496 g/mol. The lowest BCUT2D eigenvalue weighted by molar-refractivity contribution is 0.0961. The summed E-state index contributed by atoms with van der Waals surface area (Å²) in [7, 11) is 0. The van der Waals surface area contributed by atoms with E-state index in [9.17, 15) is 0 Å². The Morgan fingerprint density at radius 2 is 2.13 bits per heavy atom. The SMILES string of the molecule is Cc1cc(N2C(=S)NC(c3ccccn3)C2c2cccn2CC2CCCO2)ccc1Br. The number of pyridine rings is 1. The number of thiocarbonyl (C=S) groups is 1. The van der Waals surface area contributed by atoms with Crippen molar-refractivity contribution in [2.45, 2.75) is 44.5 Å². The van der Waals surface area contributed by atoms with Gasteiger partial charge in [0.2, 0.25) is 0 Å². The molecule has 1 N–H and O–H groups in total. The molecule has 3 atom stereocenters. The minimum atomic E-state index is -0.0456. The second-order valence-electron chi connectivity index (χ2n) is 8.15. The molecule has 0 amide bonds. The molecule has 2 aliphatic heterocycles. The Bertz CT molecular complexity index is 1080. The first-order valence-electron chi connectivity index (χ1n) is 10.7. The van der Waals surface area contributed by atoms with Gasteiger partial charge in [0, 0.05) is 41.4 Å². The van der Waals surface area contributed by atoms with Crippen LogP contribution in [0.4, 0.5) is 5.69 Å². The molecule has 31 heavy (non-hydrogen) atoms. The Morgan fingerprint density at radius 1 is 1.23 bits per heavy atom. The van der Waals surface area contributed by atoms with E-state index in [0.29, 0.717) is 5.11 Å². The summed E-state index contributed by atoms with van der Waals surface area (Å²) in [5, 5.41) is 4.27. The van der Waals surface area contributed by atoms with Crippen molar-refractivity contribution in [3.63, 3.8) is 0 Å². The number of halogens is 1. The van der Waals surface area contributed by atoms with Crippen LogP contribution >= 0.6 is 28.1 Å². The van der Waals surface area contributed by atoms with Crippen LogP contribution in [0.3, 0.4) is 0 Å². The number of nitrogens with zero attached hydrogens (tertiary/aromatic N) is 3. The predicted octanol–water partition coefficient (Wildman–Crippen LogP) is 5.31. The summed E-state index contributed by atoms with van der Waals surface area (Å²) in [6, 6.07) is 16.7. The van der Waals surface area contributed by atoms with Crippen molar-refractivity contribution in [2.24, 2.45) is 0 Å². The minimum Gasteiger partial charge on any atom is -0.376 e. The van der Waals surface area contributed by atoms with Crippen LogP contribution in [-0.2, 0) is 11.3 Å². The predicted molar refractivity (Wildman–Crippen MR) is 130 cm³/mol. The highest BCUT2D eigenvalue weighted by Gasteiger charge is 2.42. The van der Waals surface area contributed by atoms with Gasteiger partial charge in [0.1, 0.15) is 6.04 Å². The normalized spacial score (nSPS) is 23.4. The number of ether oxygens (including phenoxy) is 1. The van der Waals surface area contributed by atoms with Gasteiger partial charge in [0.05, 0.1) is 17.8 Å². The zero-order valence-corrected chi connectivity index (χ0v) is 19.8. The Labute approximate surface area is 196 Å². The quantitative estimate of drug-likeness (QED) is 0.484. The molecular weight excluding hydrogens is 472 g/mol. The van der Waals surface area contributed by atoms with E-state index < -0.39 is 0 Å². The van der Waals surface area contributed by atoms with E-state index in [0.717, 1.165) is 41.8 Å². The average molecular weight is 497 g/mol. The molecule has 2 fully saturated rings. The molecule has 2 aliphatic rings. The van der Waals surface area contributed by atoms with E-state index in [1.165, 1.54) is 11.3 Å². The first-order valence-corrected chi connectivity index (χ1v) is 11.9. The molecule has 2 aromatic heterocycles. The molecule has 0 aliphatic carbocycles. The van der Waals surface area contributed by atoms with Crippen LogP contribution in [0.2, 0.25) is 0 Å². The second-order valence-corrected chi connectivity index (χ2v) is 9.39. The largest absolute Gasteiger partial charge is 0.376 e. The third kappa shape index (κ3) is 4.02. The zero-order chi connectivity index (χ0) is 21.4. The molecule has 1 aromatic carbocycles. The lowest BCUT2D eigenvalue weighted by Gasteiger charge is -2.29. The zero-order valence-electron chi connectivity index (χ0n) is 17.4. The molecule has 7 heteroatoms. The van der Waals surface area contributed by atoms with Gasteiger partial charge in [-0.3, -0.25) is 4.98 Å². The Hall–Kier alpha value is -2.22. The third-order valence-electron chi connectivity index (χ3n) is 6.11. The van der Waals surface area contributed by atoms with Gasteiger partial charge in [-0.25, -0.2) is 0 Å². The Kier molecular flexibility index (Phi) is 5.82. The van der Waals surface area contributed by atoms with Gasteiger partial charge in [0.15, 0.2) is 5.11 Å². The second kappa shape index (κ2) is 8.73. The number of anilines is 1. The number of nitrogens with one attached hydrogen (secondary N) is 1. The first kappa shape index (κ1) is 20.7. The van der Waals surface area contributed by atoms with Gasteiger partial charge in [-0.15, -0.1) is 0 Å². The van der Waals surface area contributed by atoms with Crippen LogP contribution in [0.1, 0.15) is 41.9 Å². The molecule has 4 heterocycles. The van der Waals surface area contributed by atoms with Crippen molar-refractivity contribution in [3.8, 4) is 0 Å². The van der Waals surface area contributed by atoms with Crippen molar-refractivity contribution < 1.29 is 4.74 Å². The van der Waals surface area contributed by atoms with E-state index >= 15 is 0 Å². The Balaban J connectivity index is 1.58. The summed E-state index contributed by atoms with van der Waals surface area (Å²) in [6.45, 7) is 3.82. The molecule has 0 spiro atoms. The van der Waals surface area contributed by atoms with Gasteiger partial charge in [-0.05, 0) is 80.0 Å². The highest BCUT2D eigenvalue weighted by atomic mass is 79.9. The summed E-state index contributed by atoms with van der Waals surface area (Å²) in [4.78, 5) is 6.89. The molecule has 3 unspecified atom stereocenters. The van der Waals surface area contributed by atoms with Crippen LogP contribution in [-0.4, -0.2) is 27.4 Å². The average Bonchev–Trinajstić information content (AvgIpc) is 3.52. The molecule has 0 radical (unpaired) electrons. The summed E-state index contributed by atoms with van der Waals surface area (Å²) in [6.07, 6.45) is 6.51. The maximum atomic E-state index is 5.92. The number of rotatable bonds is 5. The van der Waals surface area contributed by atoms with E-state index in [-0.39, 0.29) is 18.2 Å². The van der Waals surface area contributed by atoms with E-state index in [1.54, 1.807) is 0 Å². The van der Waals surface area contributed by atoms with E-state index in [4.69, 9.17) is 17.0 Å². The summed E-state index contributed by atoms with van der Waals surface area (Å²) in [5.74, 6) is 0. The van der Waals surface area contributed by atoms with Crippen LogP contribution in [0, 0.1) is 6.92 Å². The Morgan fingerprint density at radius 3 is 2.87 bits per heavy atom. The van der Waals surface area contributed by atoms with Crippen molar-refractivity contribution in [2.75, 3.05) is 11.5 Å².